The average Bonchev–Trinajstić information content (AvgIpc) is 2.17. The Bertz CT molecular complexity index is 344. The summed E-state index contributed by atoms with van der Waals surface area (Å²) < 4.78 is 12.7. The minimum absolute atomic E-state index is 0.0101. The summed E-state index contributed by atoms with van der Waals surface area (Å²) in [6.07, 6.45) is 3.05. The van der Waals surface area contributed by atoms with E-state index in [4.69, 9.17) is 11.6 Å². The first kappa shape index (κ1) is 11.9. The molecule has 0 aromatic carbocycles. The van der Waals surface area contributed by atoms with Crippen molar-refractivity contribution < 1.29 is 9.18 Å². The third-order valence-electron chi connectivity index (χ3n) is 1.79. The van der Waals surface area contributed by atoms with Crippen LogP contribution in [0.5, 0.6) is 0 Å². The van der Waals surface area contributed by atoms with Crippen molar-refractivity contribution in [2.45, 2.75) is 18.7 Å². The van der Waals surface area contributed by atoms with Gasteiger partial charge in [-0.15, -0.1) is 11.6 Å². The first-order chi connectivity index (χ1) is 7.09. The SMILES string of the molecule is CC(Cl)CCNC(=O)c1cncc(F)c1. The van der Waals surface area contributed by atoms with Gasteiger partial charge in [0.1, 0.15) is 5.82 Å². The molecule has 1 atom stereocenters. The van der Waals surface area contributed by atoms with E-state index in [1.807, 2.05) is 6.92 Å². The van der Waals surface area contributed by atoms with E-state index >= 15 is 0 Å². The maximum absolute atomic E-state index is 12.7. The summed E-state index contributed by atoms with van der Waals surface area (Å²) in [6, 6.07) is 1.15. The number of halogens is 2. The van der Waals surface area contributed by atoms with Crippen LogP contribution in [0.1, 0.15) is 23.7 Å². The van der Waals surface area contributed by atoms with Crippen molar-refractivity contribution in [2.24, 2.45) is 0 Å². The van der Waals surface area contributed by atoms with Crippen LogP contribution in [0.25, 0.3) is 0 Å². The van der Waals surface area contributed by atoms with Crippen LogP contribution in [-0.2, 0) is 0 Å². The van der Waals surface area contributed by atoms with E-state index in [2.05, 4.69) is 10.3 Å². The zero-order valence-electron chi connectivity index (χ0n) is 8.34. The summed E-state index contributed by atoms with van der Waals surface area (Å²) in [5.74, 6) is -0.854. The van der Waals surface area contributed by atoms with Gasteiger partial charge in [0.15, 0.2) is 0 Å². The van der Waals surface area contributed by atoms with Crippen LogP contribution in [0, 0.1) is 5.82 Å². The van der Waals surface area contributed by atoms with Crippen molar-refractivity contribution in [1.82, 2.24) is 10.3 Å². The summed E-state index contributed by atoms with van der Waals surface area (Å²) in [7, 11) is 0. The molecule has 0 saturated heterocycles. The van der Waals surface area contributed by atoms with Crippen LogP contribution >= 0.6 is 11.6 Å². The molecule has 15 heavy (non-hydrogen) atoms. The highest BCUT2D eigenvalue weighted by atomic mass is 35.5. The van der Waals surface area contributed by atoms with E-state index in [1.54, 1.807) is 0 Å². The number of hydrogen-bond acceptors (Lipinski definition) is 2. The highest BCUT2D eigenvalue weighted by molar-refractivity contribution is 6.20. The fraction of sp³-hybridized carbons (Fsp3) is 0.400. The van der Waals surface area contributed by atoms with Gasteiger partial charge in [0.05, 0.1) is 11.8 Å². The molecule has 0 fully saturated rings. The Hall–Kier alpha value is -1.16. The van der Waals surface area contributed by atoms with Crippen molar-refractivity contribution in [3.63, 3.8) is 0 Å². The smallest absolute Gasteiger partial charge is 0.252 e. The molecule has 0 spiro atoms. The minimum atomic E-state index is -0.520. The number of pyridine rings is 1. The Morgan fingerprint density at radius 1 is 1.67 bits per heavy atom. The predicted octanol–water partition coefficient (Wildman–Crippen LogP) is 1.97. The lowest BCUT2D eigenvalue weighted by Gasteiger charge is -2.05. The number of amides is 1. The van der Waals surface area contributed by atoms with Crippen LogP contribution in [0.2, 0.25) is 0 Å². The standard InChI is InChI=1S/C10H12ClFN2O/c1-7(11)2-3-14-10(15)8-4-9(12)6-13-5-8/h4-7H,2-3H2,1H3,(H,14,15). The Labute approximate surface area is 92.7 Å². The Balaban J connectivity index is 2.47. The summed E-state index contributed by atoms with van der Waals surface area (Å²) in [4.78, 5) is 15.0. The molecule has 0 bridgehead atoms. The molecule has 0 aliphatic heterocycles. The molecule has 5 heteroatoms. The quantitative estimate of drug-likeness (QED) is 0.804. The Morgan fingerprint density at radius 3 is 3.00 bits per heavy atom. The molecule has 0 radical (unpaired) electrons. The van der Waals surface area contributed by atoms with Gasteiger partial charge in [-0.1, -0.05) is 0 Å². The lowest BCUT2D eigenvalue weighted by atomic mass is 10.2. The predicted molar refractivity (Wildman–Crippen MR) is 56.5 cm³/mol. The molecular formula is C10H12ClFN2O. The zero-order chi connectivity index (χ0) is 11.3. The molecule has 0 saturated carbocycles. The molecule has 0 aliphatic carbocycles. The second kappa shape index (κ2) is 5.66. The molecule has 1 unspecified atom stereocenters. The maximum Gasteiger partial charge on any atom is 0.252 e. The number of nitrogens with zero attached hydrogens (tertiary/aromatic N) is 1. The highest BCUT2D eigenvalue weighted by Crippen LogP contribution is 2.01. The largest absolute Gasteiger partial charge is 0.352 e. The van der Waals surface area contributed by atoms with Gasteiger partial charge in [0.2, 0.25) is 0 Å². The van der Waals surface area contributed by atoms with Gasteiger partial charge < -0.3 is 5.32 Å². The van der Waals surface area contributed by atoms with Gasteiger partial charge >= 0.3 is 0 Å². The summed E-state index contributed by atoms with van der Waals surface area (Å²) >= 11 is 5.71. The van der Waals surface area contributed by atoms with Gasteiger partial charge in [0.25, 0.3) is 5.91 Å². The molecule has 3 nitrogen and oxygen atoms in total. The van der Waals surface area contributed by atoms with Crippen LogP contribution in [-0.4, -0.2) is 22.8 Å². The van der Waals surface area contributed by atoms with Gasteiger partial charge in [-0.05, 0) is 19.4 Å². The van der Waals surface area contributed by atoms with Crippen molar-refractivity contribution in [3.8, 4) is 0 Å². The van der Waals surface area contributed by atoms with Crippen molar-refractivity contribution >= 4 is 17.5 Å². The molecular weight excluding hydrogens is 219 g/mol. The number of carbonyl (C=O) groups is 1. The van der Waals surface area contributed by atoms with Gasteiger partial charge in [-0.3, -0.25) is 9.78 Å². The van der Waals surface area contributed by atoms with Gasteiger partial charge in [-0.25, -0.2) is 4.39 Å². The summed E-state index contributed by atoms with van der Waals surface area (Å²) in [5.41, 5.74) is 0.220. The molecule has 1 N–H and O–H groups in total. The summed E-state index contributed by atoms with van der Waals surface area (Å²) in [6.45, 7) is 2.32. The van der Waals surface area contributed by atoms with E-state index in [9.17, 15) is 9.18 Å². The lowest BCUT2D eigenvalue weighted by Crippen LogP contribution is -2.25. The number of nitrogens with one attached hydrogen (secondary N) is 1. The Kier molecular flexibility index (Phi) is 4.49. The summed E-state index contributed by atoms with van der Waals surface area (Å²) in [5, 5.41) is 2.64. The van der Waals surface area contributed by atoms with E-state index < -0.39 is 5.82 Å². The molecule has 1 rings (SSSR count). The fourth-order valence-electron chi connectivity index (χ4n) is 1.02. The number of aromatic nitrogens is 1. The van der Waals surface area contributed by atoms with Crippen LogP contribution in [0.15, 0.2) is 18.5 Å². The van der Waals surface area contributed by atoms with E-state index in [1.165, 1.54) is 6.20 Å². The minimum Gasteiger partial charge on any atom is -0.352 e. The third kappa shape index (κ3) is 4.25. The first-order valence-electron chi connectivity index (χ1n) is 4.62. The second-order valence-corrected chi connectivity index (χ2v) is 3.96. The van der Waals surface area contributed by atoms with Crippen LogP contribution < -0.4 is 5.32 Å². The number of rotatable bonds is 4. The van der Waals surface area contributed by atoms with E-state index in [0.717, 1.165) is 12.3 Å². The van der Waals surface area contributed by atoms with Crippen molar-refractivity contribution in [1.29, 1.82) is 0 Å². The zero-order valence-corrected chi connectivity index (χ0v) is 9.09. The van der Waals surface area contributed by atoms with Crippen molar-refractivity contribution in [2.75, 3.05) is 6.54 Å². The number of carbonyl (C=O) groups excluding carboxylic acids is 1. The van der Waals surface area contributed by atoms with Gasteiger partial charge in [0, 0.05) is 18.1 Å². The Morgan fingerprint density at radius 2 is 2.40 bits per heavy atom. The molecule has 1 heterocycles. The van der Waals surface area contributed by atoms with Crippen LogP contribution in [0.4, 0.5) is 4.39 Å². The second-order valence-electron chi connectivity index (χ2n) is 3.22. The molecule has 82 valence electrons. The molecule has 1 amide bonds. The molecule has 0 aliphatic rings. The number of hydrogen-bond donors (Lipinski definition) is 1. The normalized spacial score (nSPS) is 12.2. The molecule has 1 aromatic heterocycles. The third-order valence-corrected chi connectivity index (χ3v) is 2.01. The number of alkyl halides is 1. The average molecular weight is 231 g/mol. The monoisotopic (exact) mass is 230 g/mol. The van der Waals surface area contributed by atoms with E-state index in [-0.39, 0.29) is 16.8 Å². The van der Waals surface area contributed by atoms with E-state index in [0.29, 0.717) is 13.0 Å². The van der Waals surface area contributed by atoms with Crippen LogP contribution in [0.3, 0.4) is 0 Å². The van der Waals surface area contributed by atoms with Gasteiger partial charge in [-0.2, -0.15) is 0 Å². The topological polar surface area (TPSA) is 42.0 Å². The first-order valence-corrected chi connectivity index (χ1v) is 5.06. The fourth-order valence-corrected chi connectivity index (χ4v) is 1.13. The lowest BCUT2D eigenvalue weighted by molar-refractivity contribution is 0.0952. The maximum atomic E-state index is 12.7. The highest BCUT2D eigenvalue weighted by Gasteiger charge is 2.06. The van der Waals surface area contributed by atoms with Crippen molar-refractivity contribution in [3.05, 3.63) is 29.8 Å². The molecule has 1 aromatic rings.